The fraction of sp³-hybridized carbons (Fsp3) is 0.125. The van der Waals surface area contributed by atoms with Gasteiger partial charge in [0, 0.05) is 0 Å². The molecule has 2 heteroatoms. The van der Waals surface area contributed by atoms with E-state index in [1.165, 1.54) is 0 Å². The summed E-state index contributed by atoms with van der Waals surface area (Å²) in [5, 5.41) is 18.7. The highest BCUT2D eigenvalue weighted by Gasteiger charge is 2.01. The van der Waals surface area contributed by atoms with Crippen molar-refractivity contribution in [2.45, 2.75) is 13.8 Å². The molecule has 2 rings (SSSR count). The number of hydrogen-bond donors (Lipinski definition) is 2. The highest BCUT2D eigenvalue weighted by atomic mass is 16.3. The molecule has 0 amide bonds. The molecule has 2 aromatic rings. The first-order chi connectivity index (χ1) is 8.56. The van der Waals surface area contributed by atoms with Crippen LogP contribution in [0.5, 0.6) is 11.5 Å². The second-order valence-corrected chi connectivity index (χ2v) is 4.42. The summed E-state index contributed by atoms with van der Waals surface area (Å²) in [7, 11) is 0. The van der Waals surface area contributed by atoms with Crippen molar-refractivity contribution < 1.29 is 10.2 Å². The van der Waals surface area contributed by atoms with Crippen molar-refractivity contribution in [2.24, 2.45) is 0 Å². The van der Waals surface area contributed by atoms with Gasteiger partial charge in [0.15, 0.2) is 0 Å². The first-order valence-corrected chi connectivity index (χ1v) is 5.83. The molecule has 0 aliphatic rings. The number of phenolic OH excluding ortho intramolecular Hbond substituents is 2. The molecule has 2 aromatic carbocycles. The standard InChI is InChI=1S/C16H16O2/c1-11-9-15(18)10-12(2)16(11)8-5-13-3-6-14(17)7-4-13/h3-10,17-18H,1-2H3/b8-5+. The summed E-state index contributed by atoms with van der Waals surface area (Å²) in [5.41, 5.74) is 4.23. The van der Waals surface area contributed by atoms with E-state index in [1.54, 1.807) is 24.3 Å². The van der Waals surface area contributed by atoms with Gasteiger partial charge in [-0.3, -0.25) is 0 Å². The van der Waals surface area contributed by atoms with E-state index in [9.17, 15) is 10.2 Å². The van der Waals surface area contributed by atoms with Gasteiger partial charge in [-0.05, 0) is 60.4 Å². The van der Waals surface area contributed by atoms with Crippen LogP contribution in [0.4, 0.5) is 0 Å². The average molecular weight is 240 g/mol. The van der Waals surface area contributed by atoms with Crippen molar-refractivity contribution in [1.82, 2.24) is 0 Å². The number of aromatic hydroxyl groups is 2. The normalized spacial score (nSPS) is 11.0. The van der Waals surface area contributed by atoms with Crippen LogP contribution in [0.2, 0.25) is 0 Å². The highest BCUT2D eigenvalue weighted by Crippen LogP contribution is 2.23. The van der Waals surface area contributed by atoms with Crippen molar-refractivity contribution in [3.05, 3.63) is 58.7 Å². The molecule has 0 fully saturated rings. The van der Waals surface area contributed by atoms with E-state index in [1.807, 2.05) is 38.1 Å². The molecule has 2 N–H and O–H groups in total. The molecule has 0 saturated heterocycles. The zero-order valence-corrected chi connectivity index (χ0v) is 10.5. The van der Waals surface area contributed by atoms with E-state index < -0.39 is 0 Å². The fourth-order valence-electron chi connectivity index (χ4n) is 1.98. The SMILES string of the molecule is Cc1cc(O)cc(C)c1/C=C/c1ccc(O)cc1. The van der Waals surface area contributed by atoms with Gasteiger partial charge < -0.3 is 10.2 Å². The number of benzene rings is 2. The van der Waals surface area contributed by atoms with Gasteiger partial charge in [-0.2, -0.15) is 0 Å². The average Bonchev–Trinajstić information content (AvgIpc) is 2.30. The Morgan fingerprint density at radius 1 is 0.778 bits per heavy atom. The van der Waals surface area contributed by atoms with Gasteiger partial charge in [0.25, 0.3) is 0 Å². The maximum Gasteiger partial charge on any atom is 0.116 e. The molecule has 0 spiro atoms. The van der Waals surface area contributed by atoms with E-state index in [0.29, 0.717) is 5.75 Å². The Bertz CT molecular complexity index is 558. The first kappa shape index (κ1) is 12.2. The summed E-state index contributed by atoms with van der Waals surface area (Å²) < 4.78 is 0. The van der Waals surface area contributed by atoms with E-state index >= 15 is 0 Å². The number of phenols is 2. The van der Waals surface area contributed by atoms with Crippen molar-refractivity contribution in [2.75, 3.05) is 0 Å². The second-order valence-electron chi connectivity index (χ2n) is 4.42. The Kier molecular flexibility index (Phi) is 3.38. The molecule has 0 aliphatic carbocycles. The zero-order chi connectivity index (χ0) is 13.1. The van der Waals surface area contributed by atoms with Gasteiger partial charge in [-0.1, -0.05) is 24.3 Å². The summed E-state index contributed by atoms with van der Waals surface area (Å²) in [6, 6.07) is 10.5. The van der Waals surface area contributed by atoms with Crippen LogP contribution in [0.15, 0.2) is 36.4 Å². The lowest BCUT2D eigenvalue weighted by atomic mass is 10.0. The molecule has 0 atom stereocenters. The minimum atomic E-state index is 0.268. The Morgan fingerprint density at radius 3 is 1.89 bits per heavy atom. The van der Waals surface area contributed by atoms with Crippen LogP contribution in [0, 0.1) is 13.8 Å². The predicted molar refractivity (Wildman–Crippen MR) is 74.6 cm³/mol. The molecule has 0 heterocycles. The lowest BCUT2D eigenvalue weighted by Gasteiger charge is -2.06. The number of rotatable bonds is 2. The molecule has 18 heavy (non-hydrogen) atoms. The van der Waals surface area contributed by atoms with Crippen molar-refractivity contribution in [3.63, 3.8) is 0 Å². The van der Waals surface area contributed by atoms with Gasteiger partial charge in [-0.15, -0.1) is 0 Å². The third-order valence-electron chi connectivity index (χ3n) is 2.91. The molecule has 0 unspecified atom stereocenters. The lowest BCUT2D eigenvalue weighted by Crippen LogP contribution is -1.86. The minimum Gasteiger partial charge on any atom is -0.508 e. The molecule has 0 aliphatic heterocycles. The largest absolute Gasteiger partial charge is 0.508 e. The van der Waals surface area contributed by atoms with E-state index in [0.717, 1.165) is 22.3 Å². The summed E-state index contributed by atoms with van der Waals surface area (Å²) in [4.78, 5) is 0. The van der Waals surface area contributed by atoms with Crippen LogP contribution in [-0.4, -0.2) is 10.2 Å². The first-order valence-electron chi connectivity index (χ1n) is 5.83. The predicted octanol–water partition coefficient (Wildman–Crippen LogP) is 3.89. The molecule has 92 valence electrons. The van der Waals surface area contributed by atoms with Crippen LogP contribution in [0.3, 0.4) is 0 Å². The van der Waals surface area contributed by atoms with Crippen molar-refractivity contribution in [1.29, 1.82) is 0 Å². The smallest absolute Gasteiger partial charge is 0.116 e. The van der Waals surface area contributed by atoms with Crippen LogP contribution >= 0.6 is 0 Å². The van der Waals surface area contributed by atoms with Crippen LogP contribution in [0.1, 0.15) is 22.3 Å². The van der Waals surface area contributed by atoms with E-state index in [-0.39, 0.29) is 5.75 Å². The van der Waals surface area contributed by atoms with Crippen LogP contribution in [-0.2, 0) is 0 Å². The molecular weight excluding hydrogens is 224 g/mol. The Balaban J connectivity index is 2.31. The van der Waals surface area contributed by atoms with Gasteiger partial charge in [-0.25, -0.2) is 0 Å². The topological polar surface area (TPSA) is 40.5 Å². The summed E-state index contributed by atoms with van der Waals surface area (Å²) >= 11 is 0. The molecule has 0 saturated carbocycles. The van der Waals surface area contributed by atoms with Gasteiger partial charge in [0.05, 0.1) is 0 Å². The Hall–Kier alpha value is -2.22. The maximum absolute atomic E-state index is 9.48. The Morgan fingerprint density at radius 2 is 1.33 bits per heavy atom. The fourth-order valence-corrected chi connectivity index (χ4v) is 1.98. The summed E-state index contributed by atoms with van der Waals surface area (Å²) in [6.07, 6.45) is 4.02. The monoisotopic (exact) mass is 240 g/mol. The third kappa shape index (κ3) is 2.72. The van der Waals surface area contributed by atoms with E-state index in [2.05, 4.69) is 0 Å². The molecule has 2 nitrogen and oxygen atoms in total. The third-order valence-corrected chi connectivity index (χ3v) is 2.91. The number of hydrogen-bond acceptors (Lipinski definition) is 2. The number of aryl methyl sites for hydroxylation is 2. The van der Waals surface area contributed by atoms with Crippen LogP contribution < -0.4 is 0 Å². The minimum absolute atomic E-state index is 0.268. The Labute approximate surface area is 107 Å². The summed E-state index contributed by atoms with van der Waals surface area (Å²) in [6.45, 7) is 3.95. The molecule has 0 radical (unpaired) electrons. The van der Waals surface area contributed by atoms with Crippen LogP contribution in [0.25, 0.3) is 12.2 Å². The van der Waals surface area contributed by atoms with Gasteiger partial charge in [0.1, 0.15) is 11.5 Å². The molecule has 0 bridgehead atoms. The lowest BCUT2D eigenvalue weighted by molar-refractivity contribution is 0.474. The highest BCUT2D eigenvalue weighted by molar-refractivity contribution is 5.73. The summed E-state index contributed by atoms with van der Waals surface area (Å²) in [5.74, 6) is 0.566. The van der Waals surface area contributed by atoms with Crippen molar-refractivity contribution >= 4 is 12.2 Å². The van der Waals surface area contributed by atoms with Gasteiger partial charge in [0.2, 0.25) is 0 Å². The van der Waals surface area contributed by atoms with E-state index in [4.69, 9.17) is 0 Å². The quantitative estimate of drug-likeness (QED) is 0.782. The maximum atomic E-state index is 9.48. The van der Waals surface area contributed by atoms with Crippen molar-refractivity contribution in [3.8, 4) is 11.5 Å². The molecule has 0 aromatic heterocycles. The molecular formula is C16H16O2. The van der Waals surface area contributed by atoms with Gasteiger partial charge >= 0.3 is 0 Å². The zero-order valence-electron chi connectivity index (χ0n) is 10.5. The second kappa shape index (κ2) is 4.96.